The molecule has 5 aromatic rings. The molecule has 0 unspecified atom stereocenters. The van der Waals surface area contributed by atoms with Gasteiger partial charge < -0.3 is 24.3 Å². The van der Waals surface area contributed by atoms with Crippen LogP contribution in [0.15, 0.2) is 85.7 Å². The van der Waals surface area contributed by atoms with Crippen LogP contribution in [0.4, 0.5) is 11.5 Å². The van der Waals surface area contributed by atoms with Gasteiger partial charge in [0.25, 0.3) is 5.91 Å². The zero-order chi connectivity index (χ0) is 23.5. The highest BCUT2D eigenvalue weighted by atomic mass is 16.5. The van der Waals surface area contributed by atoms with Gasteiger partial charge in [0, 0.05) is 68.0 Å². The Hall–Kier alpha value is -4.59. The van der Waals surface area contributed by atoms with E-state index in [0.29, 0.717) is 29.4 Å². The topological polar surface area (TPSA) is 85.5 Å². The van der Waals surface area contributed by atoms with E-state index in [-0.39, 0.29) is 5.91 Å². The van der Waals surface area contributed by atoms with Crippen LogP contribution in [0, 0.1) is 6.92 Å². The lowest BCUT2D eigenvalue weighted by Gasteiger charge is -2.13. The summed E-state index contributed by atoms with van der Waals surface area (Å²) in [5.41, 5.74) is 4.12. The molecule has 0 saturated carbocycles. The summed E-state index contributed by atoms with van der Waals surface area (Å²) in [6, 6.07) is 14.9. The molecule has 0 bridgehead atoms. The van der Waals surface area contributed by atoms with Crippen LogP contribution in [0.5, 0.6) is 11.5 Å². The molecule has 0 saturated heterocycles. The zero-order valence-corrected chi connectivity index (χ0v) is 18.9. The summed E-state index contributed by atoms with van der Waals surface area (Å²) >= 11 is 0. The molecule has 2 N–H and O–H groups in total. The second kappa shape index (κ2) is 9.11. The van der Waals surface area contributed by atoms with Crippen molar-refractivity contribution in [3.05, 3.63) is 102 Å². The average Bonchev–Trinajstić information content (AvgIpc) is 3.47. The predicted molar refractivity (Wildman–Crippen MR) is 131 cm³/mol. The highest BCUT2D eigenvalue weighted by molar-refractivity contribution is 5.96. The van der Waals surface area contributed by atoms with Crippen LogP contribution in [0.3, 0.4) is 0 Å². The number of hydrogen-bond donors (Lipinski definition) is 2. The quantitative estimate of drug-likeness (QED) is 0.369. The van der Waals surface area contributed by atoms with Crippen molar-refractivity contribution >= 4 is 23.1 Å². The lowest BCUT2D eigenvalue weighted by molar-refractivity contribution is 0.0950. The second-order valence-electron chi connectivity index (χ2n) is 8.01. The lowest BCUT2D eigenvalue weighted by Crippen LogP contribution is -2.23. The highest BCUT2D eigenvalue weighted by Gasteiger charge is 2.13. The SMILES string of the molecule is Cc1c(Oc2ccnc(Nc3ccn(C)c3)c2)cccc1C(=O)NCc1ccc2nccn2c1. The Kier molecular flexibility index (Phi) is 5.70. The van der Waals surface area contributed by atoms with Crippen LogP contribution in [0.2, 0.25) is 0 Å². The summed E-state index contributed by atoms with van der Waals surface area (Å²) in [5, 5.41) is 6.25. The molecule has 0 aliphatic rings. The van der Waals surface area contributed by atoms with Gasteiger partial charge in [-0.3, -0.25) is 4.79 Å². The van der Waals surface area contributed by atoms with Gasteiger partial charge in [0.2, 0.25) is 0 Å². The largest absolute Gasteiger partial charge is 0.457 e. The summed E-state index contributed by atoms with van der Waals surface area (Å²) in [5.74, 6) is 1.76. The lowest BCUT2D eigenvalue weighted by atomic mass is 10.1. The first-order valence-corrected chi connectivity index (χ1v) is 10.9. The first kappa shape index (κ1) is 21.3. The Balaban J connectivity index is 1.28. The third kappa shape index (κ3) is 4.61. The molecule has 0 aliphatic carbocycles. The standard InChI is InChI=1S/C26H24N6O2/c1-18-22(26(33)29-15-19-6-7-25-28-11-13-32(25)16-19)4-3-5-23(18)34-21-8-10-27-24(14-21)30-20-9-12-31(2)17-20/h3-14,16-17H,15H2,1-2H3,(H,27,30)(H,29,33). The maximum atomic E-state index is 12.9. The Morgan fingerprint density at radius 3 is 2.79 bits per heavy atom. The van der Waals surface area contributed by atoms with Gasteiger partial charge in [0.1, 0.15) is 23.0 Å². The van der Waals surface area contributed by atoms with Gasteiger partial charge >= 0.3 is 0 Å². The maximum Gasteiger partial charge on any atom is 0.251 e. The fourth-order valence-corrected chi connectivity index (χ4v) is 3.71. The van der Waals surface area contributed by atoms with E-state index in [9.17, 15) is 4.79 Å². The van der Waals surface area contributed by atoms with Gasteiger partial charge in [0.05, 0.1) is 5.69 Å². The number of hydrogen-bond acceptors (Lipinski definition) is 5. The summed E-state index contributed by atoms with van der Waals surface area (Å²) in [6.07, 6.45) is 11.2. The molecule has 34 heavy (non-hydrogen) atoms. The number of nitrogens with one attached hydrogen (secondary N) is 2. The third-order valence-electron chi connectivity index (χ3n) is 5.50. The normalized spacial score (nSPS) is 10.9. The summed E-state index contributed by atoms with van der Waals surface area (Å²) < 4.78 is 9.99. The molecule has 0 aliphatic heterocycles. The molecule has 8 nitrogen and oxygen atoms in total. The van der Waals surface area contributed by atoms with Crippen molar-refractivity contribution in [3.8, 4) is 11.5 Å². The van der Waals surface area contributed by atoms with E-state index in [1.54, 1.807) is 24.5 Å². The van der Waals surface area contributed by atoms with Gasteiger partial charge in [-0.05, 0) is 42.8 Å². The molecule has 4 aromatic heterocycles. The third-order valence-corrected chi connectivity index (χ3v) is 5.50. The summed E-state index contributed by atoms with van der Waals surface area (Å²) in [6.45, 7) is 2.29. The Labute approximate surface area is 196 Å². The van der Waals surface area contributed by atoms with Crippen LogP contribution in [-0.2, 0) is 13.6 Å². The smallest absolute Gasteiger partial charge is 0.251 e. The molecule has 1 aromatic carbocycles. The number of pyridine rings is 2. The Morgan fingerprint density at radius 1 is 1.03 bits per heavy atom. The van der Waals surface area contributed by atoms with Crippen molar-refractivity contribution in [1.29, 1.82) is 0 Å². The van der Waals surface area contributed by atoms with Crippen molar-refractivity contribution in [2.24, 2.45) is 7.05 Å². The first-order valence-electron chi connectivity index (χ1n) is 10.9. The van der Waals surface area contributed by atoms with E-state index in [2.05, 4.69) is 20.6 Å². The molecule has 8 heteroatoms. The maximum absolute atomic E-state index is 12.9. The van der Waals surface area contributed by atoms with Crippen LogP contribution >= 0.6 is 0 Å². The van der Waals surface area contributed by atoms with E-state index in [4.69, 9.17) is 4.74 Å². The van der Waals surface area contributed by atoms with Crippen LogP contribution < -0.4 is 15.4 Å². The van der Waals surface area contributed by atoms with Gasteiger partial charge in [-0.2, -0.15) is 0 Å². The molecule has 5 rings (SSSR count). The number of nitrogens with zero attached hydrogens (tertiary/aromatic N) is 4. The Bertz CT molecular complexity index is 1470. The van der Waals surface area contributed by atoms with Crippen LogP contribution in [-0.4, -0.2) is 24.8 Å². The number of fused-ring (bicyclic) bond motifs is 1. The highest BCUT2D eigenvalue weighted by Crippen LogP contribution is 2.29. The Morgan fingerprint density at radius 2 is 1.94 bits per heavy atom. The van der Waals surface area contributed by atoms with E-state index in [1.165, 1.54) is 0 Å². The number of amides is 1. The number of carbonyl (C=O) groups excluding carboxylic acids is 1. The average molecular weight is 453 g/mol. The fourth-order valence-electron chi connectivity index (χ4n) is 3.71. The monoisotopic (exact) mass is 452 g/mol. The number of anilines is 2. The fraction of sp³-hybridized carbons (Fsp3) is 0.115. The molecule has 0 fully saturated rings. The van der Waals surface area contributed by atoms with Gasteiger partial charge in [-0.1, -0.05) is 12.1 Å². The molecular formula is C26H24N6O2. The molecular weight excluding hydrogens is 428 g/mol. The van der Waals surface area contributed by atoms with Crippen molar-refractivity contribution < 1.29 is 9.53 Å². The molecule has 1 amide bonds. The molecule has 4 heterocycles. The second-order valence-corrected chi connectivity index (χ2v) is 8.01. The van der Waals surface area contributed by atoms with Crippen LogP contribution in [0.25, 0.3) is 5.65 Å². The molecule has 170 valence electrons. The zero-order valence-electron chi connectivity index (χ0n) is 18.9. The first-order chi connectivity index (χ1) is 16.5. The van der Waals surface area contributed by atoms with E-state index >= 15 is 0 Å². The number of benzene rings is 1. The number of carbonyl (C=O) groups is 1. The number of aromatic nitrogens is 4. The van der Waals surface area contributed by atoms with Gasteiger partial charge in [-0.15, -0.1) is 0 Å². The van der Waals surface area contributed by atoms with Crippen molar-refractivity contribution in [1.82, 2.24) is 24.3 Å². The number of imidazole rings is 1. The van der Waals surface area contributed by atoms with Gasteiger partial charge in [0.15, 0.2) is 0 Å². The van der Waals surface area contributed by atoms with Crippen molar-refractivity contribution in [2.75, 3.05) is 5.32 Å². The summed E-state index contributed by atoms with van der Waals surface area (Å²) in [7, 11) is 1.96. The summed E-state index contributed by atoms with van der Waals surface area (Å²) in [4.78, 5) is 21.5. The van der Waals surface area contributed by atoms with Crippen LogP contribution in [0.1, 0.15) is 21.5 Å². The minimum absolute atomic E-state index is 0.158. The van der Waals surface area contributed by atoms with Crippen molar-refractivity contribution in [3.63, 3.8) is 0 Å². The number of ether oxygens (including phenoxy) is 1. The van der Waals surface area contributed by atoms with E-state index in [1.807, 2.05) is 84.1 Å². The molecule has 0 radical (unpaired) electrons. The minimum Gasteiger partial charge on any atom is -0.457 e. The van der Waals surface area contributed by atoms with Crippen molar-refractivity contribution in [2.45, 2.75) is 13.5 Å². The van der Waals surface area contributed by atoms with E-state index < -0.39 is 0 Å². The predicted octanol–water partition coefficient (Wildman–Crippen LogP) is 4.84. The minimum atomic E-state index is -0.158. The molecule has 0 spiro atoms. The van der Waals surface area contributed by atoms with E-state index in [0.717, 1.165) is 22.5 Å². The molecule has 0 atom stereocenters. The number of rotatable bonds is 7. The van der Waals surface area contributed by atoms with Gasteiger partial charge in [-0.25, -0.2) is 9.97 Å². The number of aryl methyl sites for hydroxylation is 1.